The first-order chi connectivity index (χ1) is 9.24. The zero-order valence-corrected chi connectivity index (χ0v) is 12.1. The second-order valence-corrected chi connectivity index (χ2v) is 5.40. The molecule has 0 radical (unpaired) electrons. The number of hydrogen-bond donors (Lipinski definition) is 1. The lowest BCUT2D eigenvalue weighted by Crippen LogP contribution is -2.35. The molecule has 1 aromatic rings. The Kier molecular flexibility index (Phi) is 5.43. The van der Waals surface area contributed by atoms with E-state index in [-0.39, 0.29) is 6.04 Å². The van der Waals surface area contributed by atoms with Gasteiger partial charge < -0.3 is 14.9 Å². The van der Waals surface area contributed by atoms with Crippen LogP contribution in [0.15, 0.2) is 16.5 Å². The molecular weight excluding hydrogens is 240 g/mol. The Balaban J connectivity index is 1.95. The van der Waals surface area contributed by atoms with Gasteiger partial charge in [-0.25, -0.2) is 0 Å². The van der Waals surface area contributed by atoms with Gasteiger partial charge in [0.2, 0.25) is 0 Å². The van der Waals surface area contributed by atoms with Gasteiger partial charge in [0, 0.05) is 32.7 Å². The lowest BCUT2D eigenvalue weighted by molar-refractivity contribution is 0.0492. The van der Waals surface area contributed by atoms with Crippen LogP contribution < -0.4 is 5.73 Å². The van der Waals surface area contributed by atoms with Crippen molar-refractivity contribution < 1.29 is 9.15 Å². The molecule has 108 valence electrons. The van der Waals surface area contributed by atoms with Gasteiger partial charge in [-0.05, 0) is 37.9 Å². The molecule has 1 saturated heterocycles. The quantitative estimate of drug-likeness (QED) is 0.857. The second kappa shape index (κ2) is 7.08. The van der Waals surface area contributed by atoms with E-state index in [1.54, 1.807) is 0 Å². The fourth-order valence-corrected chi connectivity index (χ4v) is 2.74. The molecule has 0 spiro atoms. The van der Waals surface area contributed by atoms with Crippen molar-refractivity contribution in [3.05, 3.63) is 23.7 Å². The van der Waals surface area contributed by atoms with E-state index < -0.39 is 0 Å². The van der Waals surface area contributed by atoms with E-state index in [4.69, 9.17) is 14.9 Å². The fraction of sp³-hybridized carbons (Fsp3) is 0.733. The van der Waals surface area contributed by atoms with Crippen LogP contribution in [0.4, 0.5) is 0 Å². The Morgan fingerprint density at radius 3 is 2.68 bits per heavy atom. The number of likely N-dealkylation sites (N-methyl/N-ethyl adjacent to an activating group) is 1. The van der Waals surface area contributed by atoms with Crippen molar-refractivity contribution in [3.63, 3.8) is 0 Å². The molecule has 1 aromatic heterocycles. The number of nitrogens with zero attached hydrogens (tertiary/aromatic N) is 1. The molecular formula is C15H26N2O2. The highest BCUT2D eigenvalue weighted by Crippen LogP contribution is 2.24. The molecule has 2 rings (SSSR count). The third-order valence-corrected chi connectivity index (χ3v) is 4.00. The molecule has 2 N–H and O–H groups in total. The predicted molar refractivity (Wildman–Crippen MR) is 76.1 cm³/mol. The molecule has 0 aromatic carbocycles. The summed E-state index contributed by atoms with van der Waals surface area (Å²) >= 11 is 0. The summed E-state index contributed by atoms with van der Waals surface area (Å²) in [5, 5.41) is 0. The highest BCUT2D eigenvalue weighted by Gasteiger charge is 2.23. The summed E-state index contributed by atoms with van der Waals surface area (Å²) in [6, 6.07) is 4.31. The lowest BCUT2D eigenvalue weighted by Gasteiger charge is -2.31. The van der Waals surface area contributed by atoms with Gasteiger partial charge in [-0.1, -0.05) is 6.92 Å². The number of ether oxygens (including phenoxy) is 1. The molecule has 0 saturated carbocycles. The van der Waals surface area contributed by atoms with Gasteiger partial charge in [-0.2, -0.15) is 0 Å². The van der Waals surface area contributed by atoms with Crippen molar-refractivity contribution in [3.8, 4) is 0 Å². The minimum Gasteiger partial charge on any atom is -0.464 e. The summed E-state index contributed by atoms with van der Waals surface area (Å²) in [5.41, 5.74) is 5.94. The molecule has 1 fully saturated rings. The molecule has 1 aliphatic rings. The maximum absolute atomic E-state index is 5.94. The molecule has 0 bridgehead atoms. The summed E-state index contributed by atoms with van der Waals surface area (Å²) in [7, 11) is 2.14. The van der Waals surface area contributed by atoms with Crippen LogP contribution in [-0.4, -0.2) is 38.3 Å². The lowest BCUT2D eigenvalue weighted by atomic mass is 9.99. The summed E-state index contributed by atoms with van der Waals surface area (Å²) in [6.45, 7) is 5.55. The molecule has 1 unspecified atom stereocenters. The van der Waals surface area contributed by atoms with Crippen molar-refractivity contribution in [2.24, 2.45) is 11.7 Å². The number of furan rings is 1. The van der Waals surface area contributed by atoms with Crippen molar-refractivity contribution >= 4 is 0 Å². The largest absolute Gasteiger partial charge is 0.464 e. The predicted octanol–water partition coefficient (Wildman–Crippen LogP) is 2.20. The van der Waals surface area contributed by atoms with Gasteiger partial charge in [0.25, 0.3) is 0 Å². The van der Waals surface area contributed by atoms with Gasteiger partial charge in [-0.15, -0.1) is 0 Å². The van der Waals surface area contributed by atoms with Crippen molar-refractivity contribution in [2.45, 2.75) is 32.2 Å². The van der Waals surface area contributed by atoms with Crippen LogP contribution in [0.2, 0.25) is 0 Å². The summed E-state index contributed by atoms with van der Waals surface area (Å²) in [4.78, 5) is 2.33. The Morgan fingerprint density at radius 2 is 2.11 bits per heavy atom. The SMILES string of the molecule is CCc1ccc(C(CN)N(C)CC2CCOCC2)o1. The van der Waals surface area contributed by atoms with E-state index >= 15 is 0 Å². The average molecular weight is 266 g/mol. The third kappa shape index (κ3) is 3.81. The maximum atomic E-state index is 5.94. The molecule has 1 aliphatic heterocycles. The minimum absolute atomic E-state index is 0.183. The Bertz CT molecular complexity index is 372. The van der Waals surface area contributed by atoms with Crippen LogP contribution >= 0.6 is 0 Å². The number of nitrogens with two attached hydrogens (primary N) is 1. The summed E-state index contributed by atoms with van der Waals surface area (Å²) in [6.07, 6.45) is 3.24. The van der Waals surface area contributed by atoms with Gasteiger partial charge in [0.05, 0.1) is 6.04 Å². The molecule has 0 aliphatic carbocycles. The highest BCUT2D eigenvalue weighted by molar-refractivity contribution is 5.11. The van der Waals surface area contributed by atoms with E-state index in [1.807, 2.05) is 0 Å². The molecule has 2 heterocycles. The number of hydrogen-bond acceptors (Lipinski definition) is 4. The average Bonchev–Trinajstić information content (AvgIpc) is 2.89. The van der Waals surface area contributed by atoms with E-state index in [9.17, 15) is 0 Å². The zero-order chi connectivity index (χ0) is 13.7. The van der Waals surface area contributed by atoms with E-state index in [2.05, 4.69) is 31.0 Å². The van der Waals surface area contributed by atoms with Crippen LogP contribution in [0.25, 0.3) is 0 Å². The normalized spacial score (nSPS) is 18.9. The zero-order valence-electron chi connectivity index (χ0n) is 12.1. The highest BCUT2D eigenvalue weighted by atomic mass is 16.5. The first-order valence-electron chi connectivity index (χ1n) is 7.31. The van der Waals surface area contributed by atoms with Gasteiger partial charge >= 0.3 is 0 Å². The summed E-state index contributed by atoms with van der Waals surface area (Å²) < 4.78 is 11.3. The topological polar surface area (TPSA) is 51.6 Å². The number of rotatable bonds is 6. The molecule has 19 heavy (non-hydrogen) atoms. The smallest absolute Gasteiger partial charge is 0.122 e. The van der Waals surface area contributed by atoms with Crippen LogP contribution in [-0.2, 0) is 11.2 Å². The monoisotopic (exact) mass is 266 g/mol. The van der Waals surface area contributed by atoms with Crippen molar-refractivity contribution in [1.29, 1.82) is 0 Å². The van der Waals surface area contributed by atoms with Gasteiger partial charge in [0.1, 0.15) is 11.5 Å². The van der Waals surface area contributed by atoms with Crippen molar-refractivity contribution in [1.82, 2.24) is 4.90 Å². The van der Waals surface area contributed by atoms with Crippen LogP contribution in [0.5, 0.6) is 0 Å². The van der Waals surface area contributed by atoms with Crippen LogP contribution in [0, 0.1) is 5.92 Å². The Labute approximate surface area is 115 Å². The number of aryl methyl sites for hydroxylation is 1. The standard InChI is InChI=1S/C15H26N2O2/c1-3-13-4-5-15(19-13)14(10-16)17(2)11-12-6-8-18-9-7-12/h4-5,12,14H,3,6-11,16H2,1-2H3. The van der Waals surface area contributed by atoms with E-state index in [0.29, 0.717) is 12.5 Å². The third-order valence-electron chi connectivity index (χ3n) is 4.00. The van der Waals surface area contributed by atoms with E-state index in [0.717, 1.165) is 50.5 Å². The molecule has 0 amide bonds. The molecule has 4 heteroatoms. The Morgan fingerprint density at radius 1 is 1.37 bits per heavy atom. The van der Waals surface area contributed by atoms with E-state index in [1.165, 1.54) is 0 Å². The Hall–Kier alpha value is -0.840. The maximum Gasteiger partial charge on any atom is 0.122 e. The first-order valence-corrected chi connectivity index (χ1v) is 7.31. The molecule has 4 nitrogen and oxygen atoms in total. The van der Waals surface area contributed by atoms with Gasteiger partial charge in [0.15, 0.2) is 0 Å². The minimum atomic E-state index is 0.183. The van der Waals surface area contributed by atoms with Crippen LogP contribution in [0.1, 0.15) is 37.3 Å². The second-order valence-electron chi connectivity index (χ2n) is 5.40. The summed E-state index contributed by atoms with van der Waals surface area (Å²) in [5.74, 6) is 2.75. The van der Waals surface area contributed by atoms with Crippen LogP contribution in [0.3, 0.4) is 0 Å². The van der Waals surface area contributed by atoms with Crippen molar-refractivity contribution in [2.75, 3.05) is 33.4 Å². The van der Waals surface area contributed by atoms with Gasteiger partial charge in [-0.3, -0.25) is 4.90 Å². The first kappa shape index (κ1) is 14.6. The molecule has 1 atom stereocenters. The fourth-order valence-electron chi connectivity index (χ4n) is 2.74.